The van der Waals surface area contributed by atoms with Crippen LogP contribution in [0.4, 0.5) is 17.1 Å². The van der Waals surface area contributed by atoms with Crippen LogP contribution in [0, 0.1) is 0 Å². The fourth-order valence-corrected chi connectivity index (χ4v) is 7.93. The number of anilines is 3. The summed E-state index contributed by atoms with van der Waals surface area (Å²) in [7, 11) is 0. The second kappa shape index (κ2) is 15.0. The average Bonchev–Trinajstić information content (AvgIpc) is 3.54. The fraction of sp³-hybridized carbons (Fsp3) is 0.0185. The molecule has 1 aliphatic rings. The highest BCUT2D eigenvalue weighted by atomic mass is 16.3. The molecule has 0 radical (unpaired) electrons. The molecular formula is C54H38N2O. The number of aliphatic imine (C=N–C) groups is 1. The van der Waals surface area contributed by atoms with Crippen molar-refractivity contribution in [2.45, 2.75) is 6.04 Å². The van der Waals surface area contributed by atoms with Gasteiger partial charge >= 0.3 is 0 Å². The molecule has 3 nitrogen and oxygen atoms in total. The van der Waals surface area contributed by atoms with Crippen molar-refractivity contribution in [3.8, 4) is 22.3 Å². The minimum absolute atomic E-state index is 0.138. The van der Waals surface area contributed by atoms with Crippen LogP contribution in [0.2, 0.25) is 0 Å². The predicted octanol–water partition coefficient (Wildman–Crippen LogP) is 14.6. The number of nitrogens with zero attached hydrogens (tertiary/aromatic N) is 2. The zero-order valence-electron chi connectivity index (χ0n) is 31.2. The summed E-state index contributed by atoms with van der Waals surface area (Å²) in [6.45, 7) is 0. The second-order valence-corrected chi connectivity index (χ2v) is 14.3. The fourth-order valence-electron chi connectivity index (χ4n) is 7.93. The molecule has 0 saturated heterocycles. The maximum atomic E-state index is 6.79. The van der Waals surface area contributed by atoms with Gasteiger partial charge in [-0.15, -0.1) is 0 Å². The lowest BCUT2D eigenvalue weighted by Gasteiger charge is -2.26. The van der Waals surface area contributed by atoms with Crippen molar-refractivity contribution in [3.63, 3.8) is 0 Å². The summed E-state index contributed by atoms with van der Waals surface area (Å²) in [5, 5.41) is 2.13. The van der Waals surface area contributed by atoms with Crippen LogP contribution >= 0.6 is 0 Å². The Morgan fingerprint density at radius 1 is 0.439 bits per heavy atom. The Labute approximate surface area is 332 Å². The molecule has 2 heterocycles. The number of para-hydroxylation sites is 2. The van der Waals surface area contributed by atoms with Crippen molar-refractivity contribution in [2.75, 3.05) is 4.90 Å². The number of benzene rings is 8. The molecule has 57 heavy (non-hydrogen) atoms. The van der Waals surface area contributed by atoms with E-state index < -0.39 is 0 Å². The Kier molecular flexibility index (Phi) is 8.94. The van der Waals surface area contributed by atoms with E-state index in [0.29, 0.717) is 0 Å². The van der Waals surface area contributed by atoms with Crippen molar-refractivity contribution < 1.29 is 4.42 Å². The lowest BCUT2D eigenvalue weighted by atomic mass is 9.94. The predicted molar refractivity (Wildman–Crippen MR) is 239 cm³/mol. The van der Waals surface area contributed by atoms with Crippen LogP contribution in [-0.4, -0.2) is 5.71 Å². The number of hydrogen-bond donors (Lipinski definition) is 0. The Morgan fingerprint density at radius 2 is 0.965 bits per heavy atom. The summed E-state index contributed by atoms with van der Waals surface area (Å²) >= 11 is 0. The summed E-state index contributed by atoms with van der Waals surface area (Å²) in [5.74, 6) is 0. The Hall–Kier alpha value is -7.49. The maximum absolute atomic E-state index is 6.79. The van der Waals surface area contributed by atoms with Gasteiger partial charge in [0.05, 0.1) is 11.8 Å². The molecule has 3 heteroatoms. The van der Waals surface area contributed by atoms with E-state index in [1.807, 2.05) is 6.07 Å². The molecule has 10 rings (SSSR count). The average molecular weight is 731 g/mol. The van der Waals surface area contributed by atoms with Crippen LogP contribution in [0.3, 0.4) is 0 Å². The van der Waals surface area contributed by atoms with E-state index in [4.69, 9.17) is 9.41 Å². The molecule has 1 aromatic heterocycles. The highest BCUT2D eigenvalue weighted by molar-refractivity contribution is 6.25. The van der Waals surface area contributed by atoms with Gasteiger partial charge in [-0.3, -0.25) is 4.99 Å². The molecule has 270 valence electrons. The van der Waals surface area contributed by atoms with Gasteiger partial charge in [0.1, 0.15) is 11.2 Å². The lowest BCUT2D eigenvalue weighted by molar-refractivity contribution is 0.670. The topological polar surface area (TPSA) is 28.7 Å². The largest absolute Gasteiger partial charge is 0.455 e. The number of rotatable bonds is 8. The van der Waals surface area contributed by atoms with Gasteiger partial charge in [0.25, 0.3) is 0 Å². The zero-order chi connectivity index (χ0) is 38.0. The summed E-state index contributed by atoms with van der Waals surface area (Å²) in [4.78, 5) is 7.75. The molecule has 0 saturated carbocycles. The van der Waals surface area contributed by atoms with Gasteiger partial charge in [0.15, 0.2) is 0 Å². The standard InChI is InChI=1S/C54H38N2O/c1-5-15-38(16-6-1)40-25-30-45(31-26-40)56(44-21-11-4-12-22-44)46-32-27-41(28-33-46)47-34-35-48(53-49-23-13-14-24-52(49)57-54(47)53)51-37-43(39-17-7-2-8-18-39)29-36-50(55-51)42-19-9-3-10-20-42/h1-37,50H. The smallest absolute Gasteiger partial charge is 0.143 e. The van der Waals surface area contributed by atoms with Crippen molar-refractivity contribution >= 4 is 50.3 Å². The first kappa shape index (κ1) is 34.0. The maximum Gasteiger partial charge on any atom is 0.143 e. The third kappa shape index (κ3) is 6.66. The third-order valence-electron chi connectivity index (χ3n) is 10.8. The molecule has 0 N–H and O–H groups in total. The van der Waals surface area contributed by atoms with Crippen LogP contribution in [0.15, 0.2) is 234 Å². The van der Waals surface area contributed by atoms with Crippen molar-refractivity contribution in [1.82, 2.24) is 0 Å². The van der Waals surface area contributed by atoms with Crippen LogP contribution in [0.1, 0.15) is 22.7 Å². The Morgan fingerprint density at radius 3 is 1.65 bits per heavy atom. The first-order valence-corrected chi connectivity index (χ1v) is 19.4. The number of allylic oxidation sites excluding steroid dienone is 3. The normalized spacial score (nSPS) is 13.9. The monoisotopic (exact) mass is 730 g/mol. The molecule has 9 aromatic rings. The van der Waals surface area contributed by atoms with E-state index in [1.165, 1.54) is 11.1 Å². The van der Waals surface area contributed by atoms with Gasteiger partial charge in [-0.05, 0) is 88.0 Å². The summed E-state index contributed by atoms with van der Waals surface area (Å²) in [6.07, 6.45) is 6.64. The number of hydrogen-bond acceptors (Lipinski definition) is 3. The van der Waals surface area contributed by atoms with Crippen molar-refractivity contribution in [3.05, 3.63) is 241 Å². The molecule has 0 fully saturated rings. The van der Waals surface area contributed by atoms with Crippen LogP contribution in [0.5, 0.6) is 0 Å². The van der Waals surface area contributed by atoms with Crippen LogP contribution in [-0.2, 0) is 0 Å². The Bertz CT molecular complexity index is 2910. The Balaban J connectivity index is 1.08. The van der Waals surface area contributed by atoms with E-state index in [-0.39, 0.29) is 6.04 Å². The van der Waals surface area contributed by atoms with Gasteiger partial charge < -0.3 is 9.32 Å². The van der Waals surface area contributed by atoms with Crippen LogP contribution in [0.25, 0.3) is 49.8 Å². The lowest BCUT2D eigenvalue weighted by Crippen LogP contribution is -2.09. The summed E-state index contributed by atoms with van der Waals surface area (Å²) in [6, 6.07) is 72.3. The van der Waals surface area contributed by atoms with E-state index in [1.54, 1.807) is 0 Å². The first-order chi connectivity index (χ1) is 28.3. The van der Waals surface area contributed by atoms with Gasteiger partial charge in [0, 0.05) is 39.0 Å². The molecule has 0 amide bonds. The molecule has 0 aliphatic carbocycles. The summed E-state index contributed by atoms with van der Waals surface area (Å²) in [5.41, 5.74) is 14.8. The zero-order valence-corrected chi connectivity index (χ0v) is 31.2. The van der Waals surface area contributed by atoms with E-state index in [2.05, 4.69) is 223 Å². The molecule has 1 atom stereocenters. The minimum Gasteiger partial charge on any atom is -0.455 e. The molecule has 1 unspecified atom stereocenters. The highest BCUT2D eigenvalue weighted by Crippen LogP contribution is 2.42. The van der Waals surface area contributed by atoms with Gasteiger partial charge in [-0.1, -0.05) is 170 Å². The quantitative estimate of drug-likeness (QED) is 0.156. The second-order valence-electron chi connectivity index (χ2n) is 14.3. The number of fused-ring (bicyclic) bond motifs is 3. The first-order valence-electron chi connectivity index (χ1n) is 19.4. The highest BCUT2D eigenvalue weighted by Gasteiger charge is 2.22. The van der Waals surface area contributed by atoms with Crippen molar-refractivity contribution in [2.24, 2.45) is 4.99 Å². The van der Waals surface area contributed by atoms with Crippen molar-refractivity contribution in [1.29, 1.82) is 0 Å². The van der Waals surface area contributed by atoms with Gasteiger partial charge in [0.2, 0.25) is 0 Å². The number of furan rings is 1. The van der Waals surface area contributed by atoms with Gasteiger partial charge in [-0.2, -0.15) is 0 Å². The third-order valence-corrected chi connectivity index (χ3v) is 10.8. The van der Waals surface area contributed by atoms with Gasteiger partial charge in [-0.25, -0.2) is 0 Å². The van der Waals surface area contributed by atoms with E-state index >= 15 is 0 Å². The van der Waals surface area contributed by atoms with E-state index in [0.717, 1.165) is 78.1 Å². The molecular weight excluding hydrogens is 693 g/mol. The van der Waals surface area contributed by atoms with Crippen LogP contribution < -0.4 is 4.90 Å². The molecule has 0 spiro atoms. The minimum atomic E-state index is -0.138. The molecule has 0 bridgehead atoms. The molecule has 8 aromatic carbocycles. The molecule has 1 aliphatic heterocycles. The summed E-state index contributed by atoms with van der Waals surface area (Å²) < 4.78 is 6.79. The SMILES string of the molecule is C1=CC(c2ccccc2)N=C(c2ccc(-c3ccc(N(c4ccccc4)c4ccc(-c5ccccc5)cc4)cc3)c3oc4ccccc4c23)C=C1c1ccccc1. The van der Waals surface area contributed by atoms with E-state index in [9.17, 15) is 0 Å².